The maximum atomic E-state index is 11.0. The van der Waals surface area contributed by atoms with Crippen LogP contribution in [-0.4, -0.2) is 28.0 Å². The van der Waals surface area contributed by atoms with Gasteiger partial charge in [-0.05, 0) is 12.2 Å². The maximum absolute atomic E-state index is 11.0. The second kappa shape index (κ2) is 3.79. The van der Waals surface area contributed by atoms with E-state index < -0.39 is 28.3 Å². The lowest BCUT2D eigenvalue weighted by molar-refractivity contribution is -0.496. The van der Waals surface area contributed by atoms with Crippen LogP contribution in [0.15, 0.2) is 23.8 Å². The number of nitro groups is 1. The van der Waals surface area contributed by atoms with Crippen LogP contribution in [0.2, 0.25) is 0 Å². The molecule has 74 valence electrons. The van der Waals surface area contributed by atoms with Gasteiger partial charge >= 0.3 is 12.0 Å². The quantitative estimate of drug-likeness (QED) is 0.372. The van der Waals surface area contributed by atoms with Crippen molar-refractivity contribution >= 4 is 11.8 Å². The van der Waals surface area contributed by atoms with E-state index >= 15 is 0 Å². The van der Waals surface area contributed by atoms with Crippen molar-refractivity contribution in [2.24, 2.45) is 0 Å². The van der Waals surface area contributed by atoms with Crippen molar-refractivity contribution < 1.29 is 24.7 Å². The van der Waals surface area contributed by atoms with E-state index in [4.69, 9.17) is 5.26 Å². The summed E-state index contributed by atoms with van der Waals surface area (Å²) < 4.78 is 0. The number of allylic oxidation sites excluding steroid dienone is 2. The predicted molar refractivity (Wildman–Crippen MR) is 41.7 cm³/mol. The van der Waals surface area contributed by atoms with Gasteiger partial charge in [0, 0.05) is 4.92 Å². The fourth-order valence-corrected chi connectivity index (χ4v) is 1.03. The molecule has 0 aromatic rings. The Morgan fingerprint density at radius 2 is 2.29 bits per heavy atom. The monoisotopic (exact) mass is 199 g/mol. The van der Waals surface area contributed by atoms with Gasteiger partial charge in [-0.2, -0.15) is 5.26 Å². The molecule has 7 heteroatoms. The smallest absolute Gasteiger partial charge is 0.296 e. The fraction of sp³-hybridized carbons (Fsp3) is 0.143. The van der Waals surface area contributed by atoms with E-state index in [-0.39, 0.29) is 0 Å². The Morgan fingerprint density at radius 1 is 1.64 bits per heavy atom. The van der Waals surface area contributed by atoms with Gasteiger partial charge in [0.25, 0.3) is 0 Å². The Balaban J connectivity index is 3.06. The van der Waals surface area contributed by atoms with Gasteiger partial charge in [0.1, 0.15) is 5.57 Å². The standard InChI is InChI=1S/C7H5NO6/c9-5-3-1-2-4(7(10)14-13)6(5)8(11)12/h1-3,6,13H. The molecule has 7 nitrogen and oxygen atoms in total. The summed E-state index contributed by atoms with van der Waals surface area (Å²) >= 11 is 0. The minimum atomic E-state index is -1.79. The van der Waals surface area contributed by atoms with Crippen molar-refractivity contribution in [2.45, 2.75) is 6.04 Å². The Labute approximate surface area is 77.4 Å². The number of nitrogens with zero attached hydrogens (tertiary/aromatic N) is 1. The molecule has 0 saturated carbocycles. The van der Waals surface area contributed by atoms with E-state index in [0.717, 1.165) is 12.2 Å². The van der Waals surface area contributed by atoms with E-state index in [9.17, 15) is 19.7 Å². The number of carbonyl (C=O) groups is 2. The van der Waals surface area contributed by atoms with E-state index in [1.807, 2.05) is 0 Å². The summed E-state index contributed by atoms with van der Waals surface area (Å²) in [7, 11) is 0. The highest BCUT2D eigenvalue weighted by atomic mass is 17.1. The molecule has 14 heavy (non-hydrogen) atoms. The van der Waals surface area contributed by atoms with Crippen molar-refractivity contribution in [1.82, 2.24) is 0 Å². The largest absolute Gasteiger partial charge is 0.376 e. The number of hydrogen-bond acceptors (Lipinski definition) is 6. The highest BCUT2D eigenvalue weighted by Gasteiger charge is 2.38. The first-order chi connectivity index (χ1) is 6.57. The molecule has 0 bridgehead atoms. The fourth-order valence-electron chi connectivity index (χ4n) is 1.03. The van der Waals surface area contributed by atoms with E-state index in [0.29, 0.717) is 0 Å². The molecule has 0 aromatic carbocycles. The molecule has 0 aliphatic heterocycles. The molecule has 0 saturated heterocycles. The maximum Gasteiger partial charge on any atom is 0.376 e. The summed E-state index contributed by atoms with van der Waals surface area (Å²) in [5, 5.41) is 18.4. The SMILES string of the molecule is O=C(OO)C1=CC=CC(=O)C1[N+](=O)[O-]. The lowest BCUT2D eigenvalue weighted by atomic mass is 9.98. The van der Waals surface area contributed by atoms with Gasteiger partial charge in [-0.25, -0.2) is 4.79 Å². The summed E-state index contributed by atoms with van der Waals surface area (Å²) in [6.07, 6.45) is 3.20. The molecule has 1 N–H and O–H groups in total. The molecule has 0 aromatic heterocycles. The van der Waals surface area contributed by atoms with Crippen LogP contribution in [-0.2, 0) is 14.5 Å². The van der Waals surface area contributed by atoms with Crippen molar-refractivity contribution in [1.29, 1.82) is 0 Å². The lowest BCUT2D eigenvalue weighted by Crippen LogP contribution is -2.35. The average molecular weight is 199 g/mol. The zero-order valence-corrected chi connectivity index (χ0v) is 6.75. The topological polar surface area (TPSA) is 107 Å². The number of ketones is 1. The normalized spacial score (nSPS) is 20.2. The van der Waals surface area contributed by atoms with Gasteiger partial charge in [-0.3, -0.25) is 19.8 Å². The van der Waals surface area contributed by atoms with Crippen LogP contribution < -0.4 is 0 Å². The molecule has 1 unspecified atom stereocenters. The first-order valence-electron chi connectivity index (χ1n) is 3.49. The molecule has 1 atom stereocenters. The number of rotatable bonds is 2. The van der Waals surface area contributed by atoms with Gasteiger partial charge in [0.05, 0.1) is 0 Å². The minimum Gasteiger partial charge on any atom is -0.296 e. The highest BCUT2D eigenvalue weighted by molar-refractivity contribution is 6.05. The Morgan fingerprint density at radius 3 is 2.79 bits per heavy atom. The molecular formula is C7H5NO6. The van der Waals surface area contributed by atoms with Crippen LogP contribution >= 0.6 is 0 Å². The average Bonchev–Trinajstić information content (AvgIpc) is 2.15. The van der Waals surface area contributed by atoms with Crippen molar-refractivity contribution in [3.05, 3.63) is 33.9 Å². The summed E-state index contributed by atoms with van der Waals surface area (Å²) in [5.74, 6) is -2.14. The van der Waals surface area contributed by atoms with Crippen LogP contribution in [0, 0.1) is 10.1 Å². The van der Waals surface area contributed by atoms with Gasteiger partial charge in [0.15, 0.2) is 0 Å². The van der Waals surface area contributed by atoms with Gasteiger partial charge in [-0.1, -0.05) is 6.08 Å². The number of hydrogen-bond donors (Lipinski definition) is 1. The minimum absolute atomic E-state index is 0.495. The van der Waals surface area contributed by atoms with Crippen molar-refractivity contribution in [2.75, 3.05) is 0 Å². The van der Waals surface area contributed by atoms with Crippen LogP contribution in [0.4, 0.5) is 0 Å². The Bertz CT molecular complexity index is 355. The van der Waals surface area contributed by atoms with E-state index in [1.54, 1.807) is 0 Å². The zero-order chi connectivity index (χ0) is 10.7. The summed E-state index contributed by atoms with van der Waals surface area (Å²) in [6, 6.07) is -1.79. The number of carbonyl (C=O) groups excluding carboxylic acids is 2. The van der Waals surface area contributed by atoms with Crippen molar-refractivity contribution in [3.63, 3.8) is 0 Å². The lowest BCUT2D eigenvalue weighted by Gasteiger charge is -2.09. The molecule has 0 heterocycles. The first-order valence-corrected chi connectivity index (χ1v) is 3.49. The second-order valence-electron chi connectivity index (χ2n) is 2.45. The van der Waals surface area contributed by atoms with Crippen LogP contribution in [0.1, 0.15) is 0 Å². The molecule has 1 rings (SSSR count). The molecule has 1 aliphatic rings. The molecular weight excluding hydrogens is 194 g/mol. The highest BCUT2D eigenvalue weighted by Crippen LogP contribution is 2.14. The predicted octanol–water partition coefficient (Wildman–Crippen LogP) is -0.287. The molecule has 0 radical (unpaired) electrons. The van der Waals surface area contributed by atoms with Crippen LogP contribution in [0.25, 0.3) is 0 Å². The summed E-state index contributed by atoms with van der Waals surface area (Å²) in [6.45, 7) is 0. The van der Waals surface area contributed by atoms with Gasteiger partial charge < -0.3 is 0 Å². The third-order valence-electron chi connectivity index (χ3n) is 1.63. The Kier molecular flexibility index (Phi) is 2.73. The third kappa shape index (κ3) is 1.67. The summed E-state index contributed by atoms with van der Waals surface area (Å²) in [4.78, 5) is 34.6. The van der Waals surface area contributed by atoms with E-state index in [2.05, 4.69) is 4.89 Å². The van der Waals surface area contributed by atoms with E-state index in [1.165, 1.54) is 6.08 Å². The van der Waals surface area contributed by atoms with Gasteiger partial charge in [-0.15, -0.1) is 0 Å². The third-order valence-corrected chi connectivity index (χ3v) is 1.63. The summed E-state index contributed by atoms with van der Waals surface area (Å²) in [5.41, 5.74) is -0.495. The second-order valence-corrected chi connectivity index (χ2v) is 2.45. The van der Waals surface area contributed by atoms with Crippen molar-refractivity contribution in [3.8, 4) is 0 Å². The van der Waals surface area contributed by atoms with Crippen LogP contribution in [0.5, 0.6) is 0 Å². The molecule has 0 fully saturated rings. The van der Waals surface area contributed by atoms with Gasteiger partial charge in [0.2, 0.25) is 5.78 Å². The first kappa shape index (κ1) is 10.1. The molecule has 0 amide bonds. The molecule has 1 aliphatic carbocycles. The molecule has 0 spiro atoms. The van der Waals surface area contributed by atoms with Crippen LogP contribution in [0.3, 0.4) is 0 Å². The Hall–Kier alpha value is -2.02. The zero-order valence-electron chi connectivity index (χ0n) is 6.75.